The third-order valence-electron chi connectivity index (χ3n) is 4.58. The van der Waals surface area contributed by atoms with Gasteiger partial charge >= 0.3 is 5.97 Å². The molecule has 170 valence electrons. The fourth-order valence-electron chi connectivity index (χ4n) is 2.87. The average molecular weight is 447 g/mol. The minimum atomic E-state index is -0.477. The molecule has 0 saturated heterocycles. The predicted molar refractivity (Wildman–Crippen MR) is 126 cm³/mol. The number of benzene rings is 3. The van der Waals surface area contributed by atoms with Gasteiger partial charge in [-0.15, -0.1) is 0 Å². The van der Waals surface area contributed by atoms with Gasteiger partial charge in [0.2, 0.25) is 0 Å². The van der Waals surface area contributed by atoms with Crippen molar-refractivity contribution in [1.82, 2.24) is 5.43 Å². The van der Waals surface area contributed by atoms with Gasteiger partial charge in [0, 0.05) is 0 Å². The second-order valence-corrected chi connectivity index (χ2v) is 6.97. The standard InChI is InChI=1S/C26H26N2O5/c1-3-19-10-13-22(14-11-19)32-18-25(29)28-27-17-20-12-15-23(24(16-20)31-4-2)33-26(30)21-8-6-5-7-9-21/h5-17H,3-4,18H2,1-2H3,(H,28,29)/b27-17+. The van der Waals surface area contributed by atoms with Crippen LogP contribution in [0.2, 0.25) is 0 Å². The van der Waals surface area contributed by atoms with E-state index in [-0.39, 0.29) is 12.5 Å². The van der Waals surface area contributed by atoms with Gasteiger partial charge in [0.05, 0.1) is 18.4 Å². The Morgan fingerprint density at radius 2 is 1.67 bits per heavy atom. The molecule has 0 spiro atoms. The molecule has 0 fully saturated rings. The highest BCUT2D eigenvalue weighted by Crippen LogP contribution is 2.29. The van der Waals surface area contributed by atoms with Gasteiger partial charge in [0.25, 0.3) is 5.91 Å². The Hall–Kier alpha value is -4.13. The molecular formula is C26H26N2O5. The van der Waals surface area contributed by atoms with E-state index in [4.69, 9.17) is 14.2 Å². The molecule has 0 aliphatic carbocycles. The van der Waals surface area contributed by atoms with Gasteiger partial charge in [-0.05, 0) is 66.9 Å². The van der Waals surface area contributed by atoms with Crippen molar-refractivity contribution < 1.29 is 23.8 Å². The Kier molecular flexibility index (Phi) is 8.59. The number of ether oxygens (including phenoxy) is 3. The van der Waals surface area contributed by atoms with Gasteiger partial charge in [-0.25, -0.2) is 10.2 Å². The largest absolute Gasteiger partial charge is 0.490 e. The molecule has 0 saturated carbocycles. The Morgan fingerprint density at radius 3 is 2.36 bits per heavy atom. The Morgan fingerprint density at radius 1 is 0.909 bits per heavy atom. The highest BCUT2D eigenvalue weighted by Gasteiger charge is 2.13. The lowest BCUT2D eigenvalue weighted by Gasteiger charge is -2.11. The summed E-state index contributed by atoms with van der Waals surface area (Å²) in [5.74, 6) is 0.456. The van der Waals surface area contributed by atoms with Crippen LogP contribution in [-0.4, -0.2) is 31.3 Å². The molecule has 0 atom stereocenters. The van der Waals surface area contributed by atoms with Gasteiger partial charge in [0.15, 0.2) is 18.1 Å². The zero-order valence-corrected chi connectivity index (χ0v) is 18.6. The molecule has 3 aromatic carbocycles. The van der Waals surface area contributed by atoms with E-state index in [2.05, 4.69) is 17.5 Å². The van der Waals surface area contributed by atoms with E-state index in [0.717, 1.165) is 6.42 Å². The summed E-state index contributed by atoms with van der Waals surface area (Å²) in [6.45, 7) is 4.15. The quantitative estimate of drug-likeness (QED) is 0.216. The fourth-order valence-corrected chi connectivity index (χ4v) is 2.87. The first kappa shape index (κ1) is 23.5. The SMILES string of the molecule is CCOc1cc(/C=N/NC(=O)COc2ccc(CC)cc2)ccc1OC(=O)c1ccccc1. The normalized spacial score (nSPS) is 10.6. The Balaban J connectivity index is 1.56. The summed E-state index contributed by atoms with van der Waals surface area (Å²) >= 11 is 0. The predicted octanol–water partition coefficient (Wildman–Crippen LogP) is 4.40. The summed E-state index contributed by atoms with van der Waals surface area (Å²) in [5, 5.41) is 3.95. The molecule has 0 aromatic heterocycles. The molecule has 1 amide bonds. The van der Waals surface area contributed by atoms with Crippen molar-refractivity contribution >= 4 is 18.1 Å². The van der Waals surface area contributed by atoms with Crippen LogP contribution >= 0.6 is 0 Å². The summed E-state index contributed by atoms with van der Waals surface area (Å²) in [6.07, 6.45) is 2.41. The second-order valence-electron chi connectivity index (χ2n) is 6.97. The molecule has 0 unspecified atom stereocenters. The Bertz CT molecular complexity index is 1100. The third kappa shape index (κ3) is 7.21. The maximum atomic E-state index is 12.3. The van der Waals surface area contributed by atoms with E-state index in [9.17, 15) is 9.59 Å². The van der Waals surface area contributed by atoms with Crippen molar-refractivity contribution in [3.8, 4) is 17.2 Å². The van der Waals surface area contributed by atoms with Crippen molar-refractivity contribution in [1.29, 1.82) is 0 Å². The fraction of sp³-hybridized carbons (Fsp3) is 0.192. The molecule has 3 rings (SSSR count). The summed E-state index contributed by atoms with van der Waals surface area (Å²) in [7, 11) is 0. The second kappa shape index (κ2) is 12.0. The van der Waals surface area contributed by atoms with Crippen LogP contribution in [0.4, 0.5) is 0 Å². The number of esters is 1. The lowest BCUT2D eigenvalue weighted by atomic mass is 10.2. The van der Waals surface area contributed by atoms with Crippen molar-refractivity contribution in [2.24, 2.45) is 5.10 Å². The molecule has 33 heavy (non-hydrogen) atoms. The van der Waals surface area contributed by atoms with E-state index < -0.39 is 5.97 Å². The van der Waals surface area contributed by atoms with Gasteiger partial charge in [-0.3, -0.25) is 4.79 Å². The van der Waals surface area contributed by atoms with Gasteiger partial charge < -0.3 is 14.2 Å². The first-order valence-corrected chi connectivity index (χ1v) is 10.7. The van der Waals surface area contributed by atoms with Crippen LogP contribution < -0.4 is 19.6 Å². The van der Waals surface area contributed by atoms with E-state index >= 15 is 0 Å². The molecule has 1 N–H and O–H groups in total. The number of hydrogen-bond acceptors (Lipinski definition) is 6. The zero-order valence-electron chi connectivity index (χ0n) is 18.6. The Labute approximate surface area is 193 Å². The summed E-state index contributed by atoms with van der Waals surface area (Å²) in [6, 6.07) is 21.3. The van der Waals surface area contributed by atoms with Crippen LogP contribution in [0.15, 0.2) is 77.9 Å². The van der Waals surface area contributed by atoms with Crippen LogP contribution in [0.1, 0.15) is 35.3 Å². The van der Waals surface area contributed by atoms with Crippen LogP contribution in [0.3, 0.4) is 0 Å². The van der Waals surface area contributed by atoms with Crippen LogP contribution in [0.5, 0.6) is 17.2 Å². The lowest BCUT2D eigenvalue weighted by molar-refractivity contribution is -0.123. The van der Waals surface area contributed by atoms with Crippen molar-refractivity contribution in [3.05, 3.63) is 89.5 Å². The van der Waals surface area contributed by atoms with Gasteiger partial charge in [-0.2, -0.15) is 5.10 Å². The number of carbonyl (C=O) groups is 2. The lowest BCUT2D eigenvalue weighted by Crippen LogP contribution is -2.24. The topological polar surface area (TPSA) is 86.2 Å². The zero-order chi connectivity index (χ0) is 23.5. The number of nitrogens with zero attached hydrogens (tertiary/aromatic N) is 1. The molecule has 7 heteroatoms. The molecule has 3 aromatic rings. The van der Waals surface area contributed by atoms with E-state index in [0.29, 0.717) is 35.0 Å². The van der Waals surface area contributed by atoms with Crippen LogP contribution in [0.25, 0.3) is 0 Å². The molecule has 0 heterocycles. The molecule has 0 aliphatic rings. The number of hydrogen-bond donors (Lipinski definition) is 1. The first-order valence-electron chi connectivity index (χ1n) is 10.7. The maximum absolute atomic E-state index is 12.3. The van der Waals surface area contributed by atoms with Gasteiger partial charge in [0.1, 0.15) is 5.75 Å². The first-order chi connectivity index (χ1) is 16.1. The molecular weight excluding hydrogens is 420 g/mol. The van der Waals surface area contributed by atoms with Crippen molar-refractivity contribution in [2.75, 3.05) is 13.2 Å². The number of hydrazone groups is 1. The van der Waals surface area contributed by atoms with Crippen molar-refractivity contribution in [2.45, 2.75) is 20.3 Å². The molecule has 0 bridgehead atoms. The number of aryl methyl sites for hydroxylation is 1. The highest BCUT2D eigenvalue weighted by molar-refractivity contribution is 5.91. The van der Waals surface area contributed by atoms with Crippen LogP contribution in [0, 0.1) is 0 Å². The summed E-state index contributed by atoms with van der Waals surface area (Å²) < 4.78 is 16.5. The minimum absolute atomic E-state index is 0.151. The third-order valence-corrected chi connectivity index (χ3v) is 4.58. The maximum Gasteiger partial charge on any atom is 0.343 e. The number of amides is 1. The van der Waals surface area contributed by atoms with Crippen LogP contribution in [-0.2, 0) is 11.2 Å². The van der Waals surface area contributed by atoms with E-state index in [1.807, 2.05) is 37.3 Å². The van der Waals surface area contributed by atoms with Gasteiger partial charge in [-0.1, -0.05) is 37.3 Å². The van der Waals surface area contributed by atoms with E-state index in [1.165, 1.54) is 11.8 Å². The summed E-state index contributed by atoms with van der Waals surface area (Å²) in [4.78, 5) is 24.3. The number of nitrogens with one attached hydrogen (secondary N) is 1. The highest BCUT2D eigenvalue weighted by atomic mass is 16.6. The smallest absolute Gasteiger partial charge is 0.343 e. The molecule has 0 radical (unpaired) electrons. The molecule has 7 nitrogen and oxygen atoms in total. The number of carbonyl (C=O) groups excluding carboxylic acids is 2. The van der Waals surface area contributed by atoms with Crippen molar-refractivity contribution in [3.63, 3.8) is 0 Å². The minimum Gasteiger partial charge on any atom is -0.490 e. The number of rotatable bonds is 10. The summed E-state index contributed by atoms with van der Waals surface area (Å²) in [5.41, 5.74) is 4.72. The monoisotopic (exact) mass is 446 g/mol. The van der Waals surface area contributed by atoms with E-state index in [1.54, 1.807) is 42.5 Å². The molecule has 0 aliphatic heterocycles. The average Bonchev–Trinajstić information content (AvgIpc) is 2.85.